The third kappa shape index (κ3) is 5.01. The summed E-state index contributed by atoms with van der Waals surface area (Å²) in [5.74, 6) is 2.81. The minimum Gasteiger partial charge on any atom is -0.311 e. The third-order valence-corrected chi connectivity index (χ3v) is 15.7. The summed E-state index contributed by atoms with van der Waals surface area (Å²) in [4.78, 5) is 4.95. The van der Waals surface area contributed by atoms with Crippen molar-refractivity contribution in [1.82, 2.24) is 4.57 Å². The monoisotopic (exact) mass is 795 g/mol. The third-order valence-electron chi connectivity index (χ3n) is 15.7. The topological polar surface area (TPSA) is 11.4 Å². The molecule has 6 aliphatic rings. The largest absolute Gasteiger partial charge is 0.311 e. The molecule has 0 amide bonds. The maximum absolute atomic E-state index is 2.60. The smallest absolute Gasteiger partial charge is 0.252 e. The number of benzene rings is 8. The zero-order chi connectivity index (χ0) is 40.5. The molecule has 3 nitrogen and oxygen atoms in total. The Hall–Kier alpha value is -6.78. The lowest BCUT2D eigenvalue weighted by molar-refractivity contribution is -0.00512. The van der Waals surface area contributed by atoms with E-state index in [0.29, 0.717) is 5.41 Å². The van der Waals surface area contributed by atoms with E-state index in [2.05, 4.69) is 202 Å². The molecule has 0 spiro atoms. The molecule has 9 aromatic rings. The van der Waals surface area contributed by atoms with E-state index in [0.717, 1.165) is 23.4 Å². The normalized spacial score (nSPS) is 21.6. The second kappa shape index (κ2) is 13.1. The van der Waals surface area contributed by atoms with E-state index in [-0.39, 0.29) is 6.71 Å². The number of para-hydroxylation sites is 4. The van der Waals surface area contributed by atoms with Gasteiger partial charge in [0.05, 0.1) is 11.0 Å². The Labute approximate surface area is 364 Å². The van der Waals surface area contributed by atoms with Crippen LogP contribution in [-0.2, 0) is 5.41 Å². The summed E-state index contributed by atoms with van der Waals surface area (Å²) in [7, 11) is 0. The van der Waals surface area contributed by atoms with Crippen molar-refractivity contribution in [3.8, 4) is 16.8 Å². The molecule has 2 aliphatic heterocycles. The Morgan fingerprint density at radius 1 is 0.403 bits per heavy atom. The lowest BCUT2D eigenvalue weighted by Crippen LogP contribution is -2.61. The van der Waals surface area contributed by atoms with E-state index in [9.17, 15) is 0 Å². The molecule has 0 saturated heterocycles. The summed E-state index contributed by atoms with van der Waals surface area (Å²) < 4.78 is 2.50. The van der Waals surface area contributed by atoms with Gasteiger partial charge in [-0.3, -0.25) is 0 Å². The molecule has 62 heavy (non-hydrogen) atoms. The standard InChI is InChI=1S/C58H46BN3/c1-3-12-44(13-4-1)61-53-19-10-8-17-49(53)59-50-28-24-42(33-56(50)62(45-14-5-2-6-15-45)55-21-11-20-54(61)57(55)59)41-22-26-46(27-23-41)60-51-18-9-7-16-47(51)48-34-43(25-29-52(48)60)58-35-38-30-39(36-58)32-40(31-38)37-58/h1-29,33-34,38-40H,30-32,35-37H2. The molecule has 0 unspecified atom stereocenters. The van der Waals surface area contributed by atoms with Crippen LogP contribution in [-0.4, -0.2) is 11.3 Å². The van der Waals surface area contributed by atoms with Crippen LogP contribution in [0.25, 0.3) is 38.6 Å². The fourth-order valence-electron chi connectivity index (χ4n) is 13.6. The van der Waals surface area contributed by atoms with Gasteiger partial charge in [0.2, 0.25) is 0 Å². The van der Waals surface area contributed by atoms with Crippen molar-refractivity contribution in [3.05, 3.63) is 194 Å². The molecule has 0 N–H and O–H groups in total. The number of anilines is 6. The molecule has 4 aliphatic carbocycles. The van der Waals surface area contributed by atoms with Gasteiger partial charge in [0.15, 0.2) is 0 Å². The summed E-state index contributed by atoms with van der Waals surface area (Å²) in [6.07, 6.45) is 8.61. The van der Waals surface area contributed by atoms with Crippen molar-refractivity contribution >= 4 is 79.0 Å². The van der Waals surface area contributed by atoms with Gasteiger partial charge >= 0.3 is 0 Å². The Bertz CT molecular complexity index is 3200. The van der Waals surface area contributed by atoms with E-state index in [1.165, 1.54) is 122 Å². The minimum absolute atomic E-state index is 0.0996. The summed E-state index contributed by atoms with van der Waals surface area (Å²) in [6, 6.07) is 70.7. The van der Waals surface area contributed by atoms with Crippen LogP contribution in [0.5, 0.6) is 0 Å². The van der Waals surface area contributed by atoms with Gasteiger partial charge in [-0.1, -0.05) is 109 Å². The molecule has 4 bridgehead atoms. The summed E-state index contributed by atoms with van der Waals surface area (Å²) in [6.45, 7) is 0.0996. The molecule has 296 valence electrons. The van der Waals surface area contributed by atoms with Crippen molar-refractivity contribution in [2.75, 3.05) is 9.80 Å². The zero-order valence-corrected chi connectivity index (χ0v) is 34.8. The average Bonchev–Trinajstić information content (AvgIpc) is 3.65. The number of nitrogens with zero attached hydrogens (tertiary/aromatic N) is 3. The van der Waals surface area contributed by atoms with Crippen LogP contribution in [0.3, 0.4) is 0 Å². The Kier molecular flexibility index (Phi) is 7.38. The van der Waals surface area contributed by atoms with E-state index in [1.807, 2.05) is 0 Å². The molecule has 4 heteroatoms. The van der Waals surface area contributed by atoms with Gasteiger partial charge in [-0.05, 0) is 174 Å². The molecule has 3 heterocycles. The van der Waals surface area contributed by atoms with Gasteiger partial charge in [-0.25, -0.2) is 0 Å². The van der Waals surface area contributed by atoms with Crippen molar-refractivity contribution in [3.63, 3.8) is 0 Å². The fourth-order valence-corrected chi connectivity index (χ4v) is 13.6. The summed E-state index contributed by atoms with van der Waals surface area (Å²) in [5, 5.41) is 2.75. The van der Waals surface area contributed by atoms with Crippen LogP contribution in [0, 0.1) is 17.8 Å². The van der Waals surface area contributed by atoms with E-state index in [1.54, 1.807) is 5.56 Å². The minimum atomic E-state index is 0.0996. The molecule has 8 aromatic carbocycles. The number of fused-ring (bicyclic) bond motifs is 7. The molecule has 15 rings (SSSR count). The summed E-state index contributed by atoms with van der Waals surface area (Å²) >= 11 is 0. The average molecular weight is 796 g/mol. The number of hydrogen-bond donors (Lipinski definition) is 0. The highest BCUT2D eigenvalue weighted by Gasteiger charge is 2.51. The second-order valence-electron chi connectivity index (χ2n) is 19.1. The highest BCUT2D eigenvalue weighted by Crippen LogP contribution is 2.61. The first-order valence-electron chi connectivity index (χ1n) is 22.9. The van der Waals surface area contributed by atoms with Crippen molar-refractivity contribution in [1.29, 1.82) is 0 Å². The molecular weight excluding hydrogens is 749 g/mol. The van der Waals surface area contributed by atoms with E-state index < -0.39 is 0 Å². The first-order chi connectivity index (χ1) is 30.7. The molecular formula is C58H46BN3. The van der Waals surface area contributed by atoms with Gasteiger partial charge in [0.1, 0.15) is 0 Å². The van der Waals surface area contributed by atoms with E-state index in [4.69, 9.17) is 0 Å². The molecule has 4 saturated carbocycles. The van der Waals surface area contributed by atoms with Crippen LogP contribution in [0.2, 0.25) is 0 Å². The predicted octanol–water partition coefficient (Wildman–Crippen LogP) is 13.0. The zero-order valence-electron chi connectivity index (χ0n) is 34.8. The van der Waals surface area contributed by atoms with Crippen LogP contribution < -0.4 is 26.2 Å². The predicted molar refractivity (Wildman–Crippen MR) is 260 cm³/mol. The fraction of sp³-hybridized carbons (Fsp3) is 0.172. The molecule has 4 fully saturated rings. The van der Waals surface area contributed by atoms with Gasteiger partial charge in [0, 0.05) is 50.6 Å². The lowest BCUT2D eigenvalue weighted by Gasteiger charge is -2.57. The van der Waals surface area contributed by atoms with Crippen LogP contribution in [0.4, 0.5) is 34.1 Å². The van der Waals surface area contributed by atoms with Crippen molar-refractivity contribution in [2.24, 2.45) is 17.8 Å². The maximum atomic E-state index is 2.60. The Morgan fingerprint density at radius 3 is 1.68 bits per heavy atom. The van der Waals surface area contributed by atoms with Crippen molar-refractivity contribution in [2.45, 2.75) is 43.9 Å². The molecule has 1 aromatic heterocycles. The summed E-state index contributed by atoms with van der Waals surface area (Å²) in [5.41, 5.74) is 19.5. The Balaban J connectivity index is 0.883. The van der Waals surface area contributed by atoms with Crippen LogP contribution in [0.1, 0.15) is 44.1 Å². The van der Waals surface area contributed by atoms with Crippen LogP contribution >= 0.6 is 0 Å². The van der Waals surface area contributed by atoms with Gasteiger partial charge in [-0.2, -0.15) is 0 Å². The number of rotatable bonds is 5. The lowest BCUT2D eigenvalue weighted by atomic mass is 9.33. The SMILES string of the molecule is c1ccc(N2c3ccccc3B3c4ccc(-c5ccc(-n6c7ccccc7c7cc(C89CC%10CC(CC(C%10)C8)C9)ccc76)cc5)cc4N(c4ccccc4)c4cccc2c43)cc1. The van der Waals surface area contributed by atoms with E-state index >= 15 is 0 Å². The molecule has 0 radical (unpaired) electrons. The van der Waals surface area contributed by atoms with Crippen LogP contribution in [0.15, 0.2) is 188 Å². The Morgan fingerprint density at radius 2 is 0.968 bits per heavy atom. The quantitative estimate of drug-likeness (QED) is 0.161. The number of hydrogen-bond acceptors (Lipinski definition) is 2. The highest BCUT2D eigenvalue weighted by atomic mass is 15.2. The second-order valence-corrected chi connectivity index (χ2v) is 19.1. The van der Waals surface area contributed by atoms with Crippen molar-refractivity contribution < 1.29 is 0 Å². The molecule has 0 atom stereocenters. The van der Waals surface area contributed by atoms with Gasteiger partial charge < -0.3 is 14.4 Å². The number of aromatic nitrogens is 1. The first kappa shape index (κ1) is 34.9. The maximum Gasteiger partial charge on any atom is 0.252 e. The van der Waals surface area contributed by atoms with Gasteiger partial charge in [0.25, 0.3) is 6.71 Å². The highest BCUT2D eigenvalue weighted by molar-refractivity contribution is 7.00. The van der Waals surface area contributed by atoms with Gasteiger partial charge in [-0.15, -0.1) is 0 Å². The first-order valence-corrected chi connectivity index (χ1v) is 22.9.